The molecular weight excluding hydrogens is 420 g/mol. The van der Waals surface area contributed by atoms with Crippen molar-refractivity contribution in [1.82, 2.24) is 4.90 Å². The number of hydrogen-bond donors (Lipinski definition) is 2. The maximum Gasteiger partial charge on any atom is 0.142 e. The summed E-state index contributed by atoms with van der Waals surface area (Å²) in [5.41, 5.74) is 1.87. The molecule has 1 fully saturated rings. The lowest BCUT2D eigenvalue weighted by atomic mass is 10.0. The van der Waals surface area contributed by atoms with Crippen molar-refractivity contribution in [3.8, 4) is 23.0 Å². The smallest absolute Gasteiger partial charge is 0.142 e. The molecule has 0 spiro atoms. The molecule has 176 valence electrons. The largest absolute Gasteiger partial charge is 0.507 e. The average molecular weight is 453 g/mol. The molecule has 0 aliphatic carbocycles. The van der Waals surface area contributed by atoms with E-state index in [1.54, 1.807) is 20.3 Å². The Hall–Kier alpha value is -3.16. The third-order valence-corrected chi connectivity index (χ3v) is 6.15. The van der Waals surface area contributed by atoms with E-state index >= 15 is 0 Å². The molecule has 0 bridgehead atoms. The van der Waals surface area contributed by atoms with Gasteiger partial charge in [-0.3, -0.25) is 4.90 Å². The summed E-state index contributed by atoms with van der Waals surface area (Å²) in [5.74, 6) is 2.57. The zero-order valence-corrected chi connectivity index (χ0v) is 19.5. The summed E-state index contributed by atoms with van der Waals surface area (Å²) in [6.45, 7) is 5.96. The van der Waals surface area contributed by atoms with Gasteiger partial charge in [-0.15, -0.1) is 0 Å². The van der Waals surface area contributed by atoms with Crippen molar-refractivity contribution >= 4 is 16.5 Å². The number of nitrogens with zero attached hydrogens (tertiary/aromatic N) is 2. The van der Waals surface area contributed by atoms with Gasteiger partial charge in [0.25, 0.3) is 0 Å². The van der Waals surface area contributed by atoms with Gasteiger partial charge in [-0.05, 0) is 30.7 Å². The minimum Gasteiger partial charge on any atom is -0.507 e. The third kappa shape index (κ3) is 5.10. The summed E-state index contributed by atoms with van der Waals surface area (Å²) in [6, 6.07) is 15.1. The van der Waals surface area contributed by atoms with E-state index in [1.807, 2.05) is 49.4 Å². The number of benzene rings is 3. The van der Waals surface area contributed by atoms with E-state index in [4.69, 9.17) is 14.2 Å². The van der Waals surface area contributed by atoms with E-state index in [9.17, 15) is 10.2 Å². The quantitative estimate of drug-likeness (QED) is 0.542. The number of aliphatic hydroxyl groups is 1. The molecule has 0 saturated carbocycles. The van der Waals surface area contributed by atoms with Crippen LogP contribution in [0.5, 0.6) is 23.0 Å². The molecule has 1 aliphatic rings. The number of anilines is 1. The molecule has 3 aromatic carbocycles. The van der Waals surface area contributed by atoms with Gasteiger partial charge in [-0.2, -0.15) is 0 Å². The summed E-state index contributed by atoms with van der Waals surface area (Å²) < 4.78 is 16.9. The van der Waals surface area contributed by atoms with Gasteiger partial charge >= 0.3 is 0 Å². The Kier molecular flexibility index (Phi) is 7.11. The number of aliphatic hydroxyl groups excluding tert-OH is 1. The molecule has 33 heavy (non-hydrogen) atoms. The first-order valence-electron chi connectivity index (χ1n) is 11.2. The molecular formula is C26H32N2O5. The molecule has 3 aromatic rings. The van der Waals surface area contributed by atoms with E-state index in [-0.39, 0.29) is 12.4 Å². The standard InChI is InChI=1S/C26H32N2O5/c1-18-14-24(30)21-6-4-5-7-22(21)26(18)33-17-19(29)16-27-10-12-28(13-11-27)23-15-20(31-2)8-9-25(23)32-3/h4-9,14-15,19,29-30H,10-13,16-17H2,1-3H3. The van der Waals surface area contributed by atoms with Crippen LogP contribution in [0.4, 0.5) is 5.69 Å². The van der Waals surface area contributed by atoms with E-state index in [0.717, 1.165) is 59.7 Å². The summed E-state index contributed by atoms with van der Waals surface area (Å²) in [4.78, 5) is 4.53. The van der Waals surface area contributed by atoms with Crippen LogP contribution in [-0.4, -0.2) is 74.8 Å². The number of piperazine rings is 1. The number of ether oxygens (including phenoxy) is 3. The van der Waals surface area contributed by atoms with Crippen LogP contribution in [0.2, 0.25) is 0 Å². The first kappa shape index (κ1) is 23.0. The van der Waals surface area contributed by atoms with E-state index < -0.39 is 6.10 Å². The Morgan fingerprint density at radius 3 is 2.36 bits per heavy atom. The number of aryl methyl sites for hydroxylation is 1. The van der Waals surface area contributed by atoms with Gasteiger partial charge < -0.3 is 29.3 Å². The number of phenolic OH excluding ortho intramolecular Hbond substituents is 1. The number of phenols is 1. The monoisotopic (exact) mass is 452 g/mol. The SMILES string of the molecule is COc1ccc(OC)c(N2CCN(CC(O)COc3c(C)cc(O)c4ccccc34)CC2)c1. The Morgan fingerprint density at radius 1 is 0.939 bits per heavy atom. The Labute approximate surface area is 194 Å². The molecule has 0 radical (unpaired) electrons. The van der Waals surface area contributed by atoms with Crippen molar-refractivity contribution in [3.05, 3.63) is 54.1 Å². The highest BCUT2D eigenvalue weighted by atomic mass is 16.5. The predicted octanol–water partition coefficient (Wildman–Crippen LogP) is 3.43. The highest BCUT2D eigenvalue weighted by molar-refractivity contribution is 5.94. The van der Waals surface area contributed by atoms with Crippen molar-refractivity contribution in [3.63, 3.8) is 0 Å². The number of rotatable bonds is 8. The van der Waals surface area contributed by atoms with Crippen molar-refractivity contribution in [2.45, 2.75) is 13.0 Å². The van der Waals surface area contributed by atoms with Gasteiger partial charge in [-0.1, -0.05) is 24.3 Å². The lowest BCUT2D eigenvalue weighted by Gasteiger charge is -2.37. The molecule has 7 heteroatoms. The second-order valence-electron chi connectivity index (χ2n) is 8.38. The fourth-order valence-electron chi connectivity index (χ4n) is 4.40. The lowest BCUT2D eigenvalue weighted by Crippen LogP contribution is -2.49. The van der Waals surface area contributed by atoms with Crippen LogP contribution >= 0.6 is 0 Å². The Bertz CT molecular complexity index is 1100. The van der Waals surface area contributed by atoms with Gasteiger partial charge in [-0.25, -0.2) is 0 Å². The molecule has 1 atom stereocenters. The number of methoxy groups -OCH3 is 2. The zero-order valence-electron chi connectivity index (χ0n) is 19.5. The third-order valence-electron chi connectivity index (χ3n) is 6.15. The maximum atomic E-state index is 10.6. The van der Waals surface area contributed by atoms with E-state index in [1.165, 1.54) is 0 Å². The number of hydrogen-bond acceptors (Lipinski definition) is 7. The van der Waals surface area contributed by atoms with E-state index in [0.29, 0.717) is 12.3 Å². The molecule has 1 unspecified atom stereocenters. The van der Waals surface area contributed by atoms with Crippen LogP contribution < -0.4 is 19.1 Å². The van der Waals surface area contributed by atoms with Crippen LogP contribution in [0.15, 0.2) is 48.5 Å². The fourth-order valence-corrected chi connectivity index (χ4v) is 4.40. The minimum atomic E-state index is -0.616. The molecule has 4 rings (SSSR count). The average Bonchev–Trinajstić information content (AvgIpc) is 2.84. The highest BCUT2D eigenvalue weighted by Crippen LogP contribution is 2.36. The van der Waals surface area contributed by atoms with Crippen LogP contribution in [0.1, 0.15) is 5.56 Å². The molecule has 2 N–H and O–H groups in total. The zero-order chi connectivity index (χ0) is 23.4. The molecule has 0 aromatic heterocycles. The first-order chi connectivity index (χ1) is 16.0. The number of aromatic hydroxyl groups is 1. The summed E-state index contributed by atoms with van der Waals surface area (Å²) in [6.07, 6.45) is -0.616. The Balaban J connectivity index is 1.34. The topological polar surface area (TPSA) is 74.6 Å². The molecule has 0 amide bonds. The lowest BCUT2D eigenvalue weighted by molar-refractivity contribution is 0.0666. The van der Waals surface area contributed by atoms with Crippen LogP contribution in [0.3, 0.4) is 0 Å². The number of β-amino-alcohol motifs (C(OH)–C–C–N with tert-alkyl or cyclic N) is 1. The van der Waals surface area contributed by atoms with Gasteiger partial charge in [0.1, 0.15) is 35.7 Å². The second-order valence-corrected chi connectivity index (χ2v) is 8.38. The summed E-state index contributed by atoms with van der Waals surface area (Å²) >= 11 is 0. The first-order valence-corrected chi connectivity index (χ1v) is 11.2. The fraction of sp³-hybridized carbons (Fsp3) is 0.385. The van der Waals surface area contributed by atoms with Crippen molar-refractivity contribution in [2.24, 2.45) is 0 Å². The normalized spacial score (nSPS) is 15.5. The summed E-state index contributed by atoms with van der Waals surface area (Å²) in [5, 5.41) is 22.5. The molecule has 1 heterocycles. The van der Waals surface area contributed by atoms with Gasteiger partial charge in [0.05, 0.1) is 19.9 Å². The summed E-state index contributed by atoms with van der Waals surface area (Å²) in [7, 11) is 3.34. The minimum absolute atomic E-state index is 0.194. The molecule has 7 nitrogen and oxygen atoms in total. The molecule has 1 aliphatic heterocycles. The maximum absolute atomic E-state index is 10.6. The van der Waals surface area contributed by atoms with Gasteiger partial charge in [0.2, 0.25) is 0 Å². The number of fused-ring (bicyclic) bond motifs is 1. The van der Waals surface area contributed by atoms with Gasteiger partial charge in [0.15, 0.2) is 0 Å². The molecule has 1 saturated heterocycles. The highest BCUT2D eigenvalue weighted by Gasteiger charge is 2.22. The van der Waals surface area contributed by atoms with Crippen molar-refractivity contribution < 1.29 is 24.4 Å². The van der Waals surface area contributed by atoms with Crippen molar-refractivity contribution in [1.29, 1.82) is 0 Å². The van der Waals surface area contributed by atoms with Crippen LogP contribution in [0.25, 0.3) is 10.8 Å². The predicted molar refractivity (Wildman–Crippen MR) is 130 cm³/mol. The van der Waals surface area contributed by atoms with E-state index in [2.05, 4.69) is 9.80 Å². The van der Waals surface area contributed by atoms with Crippen LogP contribution in [-0.2, 0) is 0 Å². The Morgan fingerprint density at radius 2 is 1.67 bits per heavy atom. The van der Waals surface area contributed by atoms with Crippen molar-refractivity contribution in [2.75, 3.05) is 58.5 Å². The van der Waals surface area contributed by atoms with Gasteiger partial charge in [0, 0.05) is 49.6 Å². The van der Waals surface area contributed by atoms with Crippen LogP contribution in [0, 0.1) is 6.92 Å². The second kappa shape index (κ2) is 10.2.